The van der Waals surface area contributed by atoms with E-state index in [1.54, 1.807) is 0 Å². The topological polar surface area (TPSA) is 100 Å². The predicted molar refractivity (Wildman–Crippen MR) is 43.4 cm³/mol. The summed E-state index contributed by atoms with van der Waals surface area (Å²) in [6, 6.07) is -0.721. The predicted octanol–water partition coefficient (Wildman–Crippen LogP) is -0.0797. The van der Waals surface area contributed by atoms with Crippen LogP contribution in [0.15, 0.2) is 6.33 Å². The Morgan fingerprint density at radius 3 is 2.86 bits per heavy atom. The number of rotatable bonds is 3. The maximum atomic E-state index is 11.0. The van der Waals surface area contributed by atoms with E-state index in [0.29, 0.717) is 0 Å². The van der Waals surface area contributed by atoms with Crippen molar-refractivity contribution in [3.05, 3.63) is 16.4 Å². The molecular weight excluding hydrogens is 192 g/mol. The second-order valence-corrected chi connectivity index (χ2v) is 2.48. The van der Waals surface area contributed by atoms with Gasteiger partial charge in [-0.25, -0.2) is 4.79 Å². The van der Waals surface area contributed by atoms with E-state index in [1.165, 1.54) is 14.0 Å². The minimum absolute atomic E-state index is 0.537. The van der Waals surface area contributed by atoms with E-state index < -0.39 is 22.9 Å². The maximum absolute atomic E-state index is 11.0. The van der Waals surface area contributed by atoms with Gasteiger partial charge in [-0.1, -0.05) is 4.98 Å². The second-order valence-electron chi connectivity index (χ2n) is 2.48. The van der Waals surface area contributed by atoms with Crippen molar-refractivity contribution in [2.45, 2.75) is 13.0 Å². The summed E-state index contributed by atoms with van der Waals surface area (Å²) in [5, 5.41) is 13.7. The number of ether oxygens (including phenoxy) is 1. The van der Waals surface area contributed by atoms with Crippen LogP contribution in [0.25, 0.3) is 0 Å². The second kappa shape index (κ2) is 3.81. The number of methoxy groups -OCH3 is 1. The molecular formula is C6H8N4O4. The Morgan fingerprint density at radius 1 is 1.79 bits per heavy atom. The molecule has 0 amide bonds. The number of carbonyl (C=O) groups excluding carboxylic acids is 1. The van der Waals surface area contributed by atoms with Crippen LogP contribution < -0.4 is 0 Å². The number of esters is 1. The van der Waals surface area contributed by atoms with Crippen LogP contribution in [0, 0.1) is 10.1 Å². The quantitative estimate of drug-likeness (QED) is 0.384. The zero-order valence-electron chi connectivity index (χ0n) is 7.58. The van der Waals surface area contributed by atoms with Gasteiger partial charge < -0.3 is 14.9 Å². The standard InChI is InChI=1S/C6H8N4O4/c1-4(5(11)14-2)9-3-7-6(8-9)10(12)13/h3-4H,1-2H3. The summed E-state index contributed by atoms with van der Waals surface area (Å²) in [4.78, 5) is 23.9. The van der Waals surface area contributed by atoms with Gasteiger partial charge >= 0.3 is 11.9 Å². The molecule has 1 atom stereocenters. The molecule has 0 N–H and O–H groups in total. The van der Waals surface area contributed by atoms with Crippen molar-refractivity contribution in [3.63, 3.8) is 0 Å². The van der Waals surface area contributed by atoms with Crippen molar-refractivity contribution >= 4 is 11.9 Å². The van der Waals surface area contributed by atoms with E-state index in [-0.39, 0.29) is 0 Å². The molecule has 0 saturated heterocycles. The fourth-order valence-corrected chi connectivity index (χ4v) is 0.815. The molecule has 0 spiro atoms. The molecule has 0 saturated carbocycles. The van der Waals surface area contributed by atoms with Gasteiger partial charge in [0, 0.05) is 5.10 Å². The minimum Gasteiger partial charge on any atom is -0.467 e. The van der Waals surface area contributed by atoms with E-state index in [9.17, 15) is 14.9 Å². The van der Waals surface area contributed by atoms with Gasteiger partial charge in [-0.3, -0.25) is 0 Å². The fourth-order valence-electron chi connectivity index (χ4n) is 0.815. The number of nitro groups is 1. The summed E-state index contributed by atoms with van der Waals surface area (Å²) in [6.45, 7) is 1.50. The molecule has 1 aromatic heterocycles. The van der Waals surface area contributed by atoms with Crippen molar-refractivity contribution in [1.29, 1.82) is 0 Å². The van der Waals surface area contributed by atoms with Crippen molar-refractivity contribution in [2.24, 2.45) is 0 Å². The molecule has 0 radical (unpaired) electrons. The first-order chi connectivity index (χ1) is 6.56. The molecule has 1 aromatic rings. The van der Waals surface area contributed by atoms with Crippen LogP contribution in [-0.2, 0) is 9.53 Å². The van der Waals surface area contributed by atoms with Crippen molar-refractivity contribution < 1.29 is 14.5 Å². The van der Waals surface area contributed by atoms with Crippen LogP contribution in [0.4, 0.5) is 5.95 Å². The van der Waals surface area contributed by atoms with E-state index in [2.05, 4.69) is 14.8 Å². The van der Waals surface area contributed by atoms with Gasteiger partial charge in [0.05, 0.1) is 7.11 Å². The first-order valence-corrected chi connectivity index (χ1v) is 3.69. The number of carbonyl (C=O) groups is 1. The Balaban J connectivity index is 2.86. The number of hydrogen-bond donors (Lipinski definition) is 0. The van der Waals surface area contributed by atoms with Gasteiger partial charge in [0.1, 0.15) is 0 Å². The summed E-state index contributed by atoms with van der Waals surface area (Å²) in [5.74, 6) is -1.08. The summed E-state index contributed by atoms with van der Waals surface area (Å²) in [5.41, 5.74) is 0. The summed E-state index contributed by atoms with van der Waals surface area (Å²) < 4.78 is 5.51. The lowest BCUT2D eigenvalue weighted by molar-refractivity contribution is -0.394. The van der Waals surface area contributed by atoms with Crippen molar-refractivity contribution in [1.82, 2.24) is 14.8 Å². The number of nitrogens with zero attached hydrogens (tertiary/aromatic N) is 4. The molecule has 1 heterocycles. The van der Waals surface area contributed by atoms with Crippen LogP contribution in [0.1, 0.15) is 13.0 Å². The zero-order valence-corrected chi connectivity index (χ0v) is 7.58. The Hall–Kier alpha value is -1.99. The average Bonchev–Trinajstić information content (AvgIpc) is 2.64. The first kappa shape index (κ1) is 10.1. The highest BCUT2D eigenvalue weighted by molar-refractivity contribution is 5.73. The molecule has 0 fully saturated rings. The van der Waals surface area contributed by atoms with Crippen molar-refractivity contribution in [3.8, 4) is 0 Å². The molecule has 8 nitrogen and oxygen atoms in total. The SMILES string of the molecule is COC(=O)C(C)n1cnc([N+](=O)[O-])n1. The Morgan fingerprint density at radius 2 is 2.43 bits per heavy atom. The molecule has 0 bridgehead atoms. The molecule has 0 aromatic carbocycles. The van der Waals surface area contributed by atoms with E-state index in [4.69, 9.17) is 0 Å². The molecule has 8 heteroatoms. The zero-order chi connectivity index (χ0) is 10.7. The highest BCUT2D eigenvalue weighted by atomic mass is 16.6. The third-order valence-corrected chi connectivity index (χ3v) is 1.60. The molecule has 0 aliphatic heterocycles. The van der Waals surface area contributed by atoms with E-state index in [1.807, 2.05) is 0 Å². The lowest BCUT2D eigenvalue weighted by atomic mass is 10.4. The highest BCUT2D eigenvalue weighted by Gasteiger charge is 2.22. The lowest BCUT2D eigenvalue weighted by Crippen LogP contribution is -2.18. The normalized spacial score (nSPS) is 12.1. The molecule has 0 aliphatic rings. The van der Waals surface area contributed by atoms with Crippen LogP contribution in [-0.4, -0.2) is 32.8 Å². The summed E-state index contributed by atoms with van der Waals surface area (Å²) >= 11 is 0. The van der Waals surface area contributed by atoms with Gasteiger partial charge in [0.15, 0.2) is 6.04 Å². The Labute approximate surface area is 78.6 Å². The third-order valence-electron chi connectivity index (χ3n) is 1.60. The van der Waals surface area contributed by atoms with Crippen molar-refractivity contribution in [2.75, 3.05) is 7.11 Å². The van der Waals surface area contributed by atoms with Gasteiger partial charge in [-0.2, -0.15) is 4.68 Å². The number of aromatic nitrogens is 3. The van der Waals surface area contributed by atoms with Crippen LogP contribution in [0.5, 0.6) is 0 Å². The van der Waals surface area contributed by atoms with Gasteiger partial charge in [0.25, 0.3) is 0 Å². The van der Waals surface area contributed by atoms with Crippen LogP contribution in [0.2, 0.25) is 0 Å². The maximum Gasteiger partial charge on any atom is 0.490 e. The Kier molecular flexibility index (Phi) is 2.75. The molecule has 1 rings (SSSR count). The molecule has 76 valence electrons. The largest absolute Gasteiger partial charge is 0.490 e. The average molecular weight is 200 g/mol. The fraction of sp³-hybridized carbons (Fsp3) is 0.500. The highest BCUT2D eigenvalue weighted by Crippen LogP contribution is 2.08. The molecule has 14 heavy (non-hydrogen) atoms. The van der Waals surface area contributed by atoms with Gasteiger partial charge in [-0.15, -0.1) is 0 Å². The van der Waals surface area contributed by atoms with Gasteiger partial charge in [-0.05, 0) is 11.8 Å². The van der Waals surface area contributed by atoms with E-state index >= 15 is 0 Å². The smallest absolute Gasteiger partial charge is 0.467 e. The lowest BCUT2D eigenvalue weighted by Gasteiger charge is -2.04. The van der Waals surface area contributed by atoms with Gasteiger partial charge in [0.2, 0.25) is 6.33 Å². The van der Waals surface area contributed by atoms with Crippen LogP contribution in [0.3, 0.4) is 0 Å². The van der Waals surface area contributed by atoms with Crippen LogP contribution >= 0.6 is 0 Å². The minimum atomic E-state index is -0.736. The third kappa shape index (κ3) is 1.84. The first-order valence-electron chi connectivity index (χ1n) is 3.69. The summed E-state index contributed by atoms with van der Waals surface area (Å²) in [6.07, 6.45) is 1.11. The van der Waals surface area contributed by atoms with E-state index in [0.717, 1.165) is 11.0 Å². The number of hydrogen-bond acceptors (Lipinski definition) is 6. The summed E-state index contributed by atoms with van der Waals surface area (Å²) in [7, 11) is 1.23. The Bertz CT molecular complexity index is 360. The molecule has 0 aliphatic carbocycles. The molecule has 1 unspecified atom stereocenters. The monoisotopic (exact) mass is 200 g/mol.